The van der Waals surface area contributed by atoms with E-state index in [0.717, 1.165) is 12.1 Å². The molecule has 2 rings (SSSR count). The Kier molecular flexibility index (Phi) is 4.83. The smallest absolute Gasteiger partial charge is 0.306 e. The van der Waals surface area contributed by atoms with Crippen molar-refractivity contribution >= 4 is 27.6 Å². The van der Waals surface area contributed by atoms with Gasteiger partial charge in [-0.2, -0.15) is 0 Å². The first-order valence-electron chi connectivity index (χ1n) is 6.64. The van der Waals surface area contributed by atoms with Gasteiger partial charge in [-0.1, -0.05) is 15.9 Å². The molecule has 0 bridgehead atoms. The van der Waals surface area contributed by atoms with Gasteiger partial charge < -0.3 is 15.5 Å². The Morgan fingerprint density at radius 1 is 1.33 bits per heavy atom. The summed E-state index contributed by atoms with van der Waals surface area (Å²) in [4.78, 5) is 10.9. The number of nitrogens with one attached hydrogen (secondary N) is 1. The number of hydrogen-bond donors (Lipinski definition) is 3. The van der Waals surface area contributed by atoms with E-state index in [1.54, 1.807) is 0 Å². The van der Waals surface area contributed by atoms with E-state index in [0.29, 0.717) is 17.3 Å². The van der Waals surface area contributed by atoms with Gasteiger partial charge in [-0.05, 0) is 37.8 Å². The number of hydrogen-bond acceptors (Lipinski definition) is 3. The number of carboxylic acids is 1. The van der Waals surface area contributed by atoms with E-state index in [1.165, 1.54) is 0 Å². The van der Waals surface area contributed by atoms with Crippen LogP contribution < -0.4 is 5.32 Å². The van der Waals surface area contributed by atoms with Crippen molar-refractivity contribution < 1.29 is 23.8 Å². The van der Waals surface area contributed by atoms with Crippen LogP contribution in [0.4, 0.5) is 14.5 Å². The Labute approximate surface area is 129 Å². The fourth-order valence-corrected chi connectivity index (χ4v) is 2.94. The van der Waals surface area contributed by atoms with Gasteiger partial charge >= 0.3 is 5.97 Å². The van der Waals surface area contributed by atoms with Gasteiger partial charge in [0.25, 0.3) is 0 Å². The highest BCUT2D eigenvalue weighted by Gasteiger charge is 2.35. The maximum Gasteiger partial charge on any atom is 0.306 e. The standard InChI is InChI=1S/C14H16BrF2NO3/c15-9-5-10(16)12(11(17)6-9)18-7-14(21)3-1-8(2-4-14)13(19)20/h5-6,8,18,21H,1-4,7H2,(H,19,20). The Bertz CT molecular complexity index is 522. The number of rotatable bonds is 4. The molecule has 0 amide bonds. The van der Waals surface area contributed by atoms with E-state index in [2.05, 4.69) is 21.2 Å². The first-order chi connectivity index (χ1) is 9.81. The predicted molar refractivity (Wildman–Crippen MR) is 77.1 cm³/mol. The molecular formula is C14H16BrF2NO3. The minimum atomic E-state index is -1.14. The topological polar surface area (TPSA) is 69.6 Å². The molecule has 3 N–H and O–H groups in total. The van der Waals surface area contributed by atoms with Crippen molar-refractivity contribution in [3.05, 3.63) is 28.2 Å². The lowest BCUT2D eigenvalue weighted by Gasteiger charge is -2.35. The number of halogens is 3. The second kappa shape index (κ2) is 6.27. The van der Waals surface area contributed by atoms with Crippen LogP contribution in [-0.4, -0.2) is 28.3 Å². The van der Waals surface area contributed by atoms with Crippen molar-refractivity contribution in [2.45, 2.75) is 31.3 Å². The molecule has 0 radical (unpaired) electrons. The van der Waals surface area contributed by atoms with Crippen molar-refractivity contribution in [3.8, 4) is 0 Å². The first kappa shape index (κ1) is 16.2. The molecule has 1 aromatic carbocycles. The van der Waals surface area contributed by atoms with Gasteiger partial charge in [-0.15, -0.1) is 0 Å². The highest BCUT2D eigenvalue weighted by atomic mass is 79.9. The number of carboxylic acid groups (broad SMARTS) is 1. The van der Waals surface area contributed by atoms with Crippen molar-refractivity contribution in [2.24, 2.45) is 5.92 Å². The Hall–Kier alpha value is -1.21. The highest BCUT2D eigenvalue weighted by Crippen LogP contribution is 2.33. The quantitative estimate of drug-likeness (QED) is 0.768. The van der Waals surface area contributed by atoms with E-state index in [9.17, 15) is 18.7 Å². The summed E-state index contributed by atoms with van der Waals surface area (Å²) in [5.74, 6) is -2.81. The van der Waals surface area contributed by atoms with Crippen molar-refractivity contribution in [3.63, 3.8) is 0 Å². The molecule has 4 nitrogen and oxygen atoms in total. The lowest BCUT2D eigenvalue weighted by atomic mass is 9.79. The van der Waals surface area contributed by atoms with E-state index in [1.807, 2.05) is 0 Å². The van der Waals surface area contributed by atoms with Crippen LogP contribution in [0.3, 0.4) is 0 Å². The summed E-state index contributed by atoms with van der Waals surface area (Å²) in [5.41, 5.74) is -1.43. The van der Waals surface area contributed by atoms with Crippen LogP contribution in [0.25, 0.3) is 0 Å². The molecule has 21 heavy (non-hydrogen) atoms. The maximum atomic E-state index is 13.7. The molecular weight excluding hydrogens is 348 g/mol. The average molecular weight is 364 g/mol. The number of benzene rings is 1. The van der Waals surface area contributed by atoms with Crippen molar-refractivity contribution in [1.82, 2.24) is 0 Å². The van der Waals surface area contributed by atoms with Crippen LogP contribution in [0.5, 0.6) is 0 Å². The number of carbonyl (C=O) groups is 1. The van der Waals surface area contributed by atoms with Crippen molar-refractivity contribution in [2.75, 3.05) is 11.9 Å². The van der Waals surface area contributed by atoms with Crippen LogP contribution in [0.1, 0.15) is 25.7 Å². The fraction of sp³-hybridized carbons (Fsp3) is 0.500. The van der Waals surface area contributed by atoms with Crippen molar-refractivity contribution in [1.29, 1.82) is 0 Å². The molecule has 0 unspecified atom stereocenters. The molecule has 1 aromatic rings. The minimum absolute atomic E-state index is 0.0190. The zero-order valence-electron chi connectivity index (χ0n) is 11.2. The molecule has 1 aliphatic carbocycles. The fourth-order valence-electron chi connectivity index (χ4n) is 2.54. The molecule has 7 heteroatoms. The van der Waals surface area contributed by atoms with E-state index in [-0.39, 0.29) is 25.1 Å². The summed E-state index contributed by atoms with van der Waals surface area (Å²) < 4.78 is 27.6. The van der Waals surface area contributed by atoms with Gasteiger partial charge in [0.15, 0.2) is 0 Å². The summed E-state index contributed by atoms with van der Waals surface area (Å²) in [6, 6.07) is 2.27. The zero-order valence-corrected chi connectivity index (χ0v) is 12.8. The molecule has 0 atom stereocenters. The second-order valence-electron chi connectivity index (χ2n) is 5.43. The lowest BCUT2D eigenvalue weighted by molar-refractivity contribution is -0.144. The van der Waals surface area contributed by atoms with Gasteiger partial charge in [0.05, 0.1) is 11.5 Å². The van der Waals surface area contributed by atoms with Crippen LogP contribution in [0.15, 0.2) is 16.6 Å². The predicted octanol–water partition coefficient (Wildman–Crippen LogP) is 3.15. The Morgan fingerprint density at radius 2 is 1.86 bits per heavy atom. The zero-order chi connectivity index (χ0) is 15.6. The molecule has 0 spiro atoms. The third-order valence-electron chi connectivity index (χ3n) is 3.87. The van der Waals surface area contributed by atoms with Crippen LogP contribution in [0, 0.1) is 17.6 Å². The van der Waals surface area contributed by atoms with Gasteiger partial charge in [0.1, 0.15) is 17.3 Å². The summed E-state index contributed by atoms with van der Waals surface area (Å²) in [6.07, 6.45) is 1.30. The third kappa shape index (κ3) is 3.91. The Morgan fingerprint density at radius 3 is 2.33 bits per heavy atom. The number of aliphatic hydroxyl groups is 1. The first-order valence-corrected chi connectivity index (χ1v) is 7.44. The summed E-state index contributed by atoms with van der Waals surface area (Å²) in [7, 11) is 0. The highest BCUT2D eigenvalue weighted by molar-refractivity contribution is 9.10. The monoisotopic (exact) mass is 363 g/mol. The molecule has 1 aliphatic rings. The molecule has 0 saturated heterocycles. The largest absolute Gasteiger partial charge is 0.481 e. The van der Waals surface area contributed by atoms with Gasteiger partial charge in [0.2, 0.25) is 0 Å². The molecule has 1 saturated carbocycles. The minimum Gasteiger partial charge on any atom is -0.481 e. The van der Waals surface area contributed by atoms with Crippen LogP contribution in [-0.2, 0) is 4.79 Å². The third-order valence-corrected chi connectivity index (χ3v) is 4.32. The van der Waals surface area contributed by atoms with E-state index < -0.39 is 29.1 Å². The molecule has 0 heterocycles. The van der Waals surface area contributed by atoms with Gasteiger partial charge in [-0.25, -0.2) is 8.78 Å². The van der Waals surface area contributed by atoms with Gasteiger partial charge in [0, 0.05) is 11.0 Å². The molecule has 0 aliphatic heterocycles. The summed E-state index contributed by atoms with van der Waals surface area (Å²) in [6.45, 7) is -0.0190. The van der Waals surface area contributed by atoms with Crippen LogP contribution >= 0.6 is 15.9 Å². The molecule has 116 valence electrons. The van der Waals surface area contributed by atoms with E-state index in [4.69, 9.17) is 5.11 Å². The van der Waals surface area contributed by atoms with E-state index >= 15 is 0 Å². The lowest BCUT2D eigenvalue weighted by Crippen LogP contribution is -2.42. The normalized spacial score (nSPS) is 25.6. The average Bonchev–Trinajstić information content (AvgIpc) is 2.37. The summed E-state index contributed by atoms with van der Waals surface area (Å²) >= 11 is 2.99. The number of aliphatic carboxylic acids is 1. The van der Waals surface area contributed by atoms with Gasteiger partial charge in [-0.3, -0.25) is 4.79 Å². The SMILES string of the molecule is O=C(O)C1CCC(O)(CNc2c(F)cc(Br)cc2F)CC1. The number of anilines is 1. The molecule has 1 fully saturated rings. The second-order valence-corrected chi connectivity index (χ2v) is 6.35. The Balaban J connectivity index is 1.99. The van der Waals surface area contributed by atoms with Crippen LogP contribution in [0.2, 0.25) is 0 Å². The summed E-state index contributed by atoms with van der Waals surface area (Å²) in [5, 5.41) is 21.9. The maximum absolute atomic E-state index is 13.7. The molecule has 0 aromatic heterocycles.